The van der Waals surface area contributed by atoms with Gasteiger partial charge in [-0.2, -0.15) is 0 Å². The standard InChI is InChI=1S/C20H22BrN3O2S/c1-27-19-16(6-4-10-22-19)20(26)24-11-8-14(9-12-24)13-23-18(25)15-5-2-3-7-17(15)21/h2-7,10,14H,8-9,11-13H2,1H3,(H,23,25). The van der Waals surface area contributed by atoms with Gasteiger partial charge >= 0.3 is 0 Å². The van der Waals surface area contributed by atoms with Crippen LogP contribution in [0.3, 0.4) is 0 Å². The van der Waals surface area contributed by atoms with E-state index in [-0.39, 0.29) is 11.8 Å². The lowest BCUT2D eigenvalue weighted by atomic mass is 9.96. The second-order valence-electron chi connectivity index (χ2n) is 6.49. The second-order valence-corrected chi connectivity index (χ2v) is 8.13. The first-order chi connectivity index (χ1) is 13.1. The maximum atomic E-state index is 12.8. The Balaban J connectivity index is 1.51. The van der Waals surface area contributed by atoms with Crippen LogP contribution in [0.5, 0.6) is 0 Å². The first-order valence-corrected chi connectivity index (χ1v) is 10.9. The van der Waals surface area contributed by atoms with Gasteiger partial charge in [-0.1, -0.05) is 12.1 Å². The molecule has 142 valence electrons. The molecule has 0 saturated carbocycles. The molecular weight excluding hydrogens is 426 g/mol. The zero-order valence-electron chi connectivity index (χ0n) is 15.2. The number of piperidine rings is 1. The number of thioether (sulfide) groups is 1. The van der Waals surface area contributed by atoms with Crippen LogP contribution in [0, 0.1) is 5.92 Å². The summed E-state index contributed by atoms with van der Waals surface area (Å²) in [5.74, 6) is 0.360. The van der Waals surface area contributed by atoms with E-state index in [9.17, 15) is 9.59 Å². The molecule has 3 rings (SSSR count). The van der Waals surface area contributed by atoms with E-state index in [1.54, 1.807) is 18.3 Å². The summed E-state index contributed by atoms with van der Waals surface area (Å²) >= 11 is 4.90. The summed E-state index contributed by atoms with van der Waals surface area (Å²) in [6.07, 6.45) is 5.41. The number of carbonyl (C=O) groups excluding carboxylic acids is 2. The zero-order chi connectivity index (χ0) is 19.2. The number of rotatable bonds is 5. The topological polar surface area (TPSA) is 62.3 Å². The van der Waals surface area contributed by atoms with Gasteiger partial charge in [-0.25, -0.2) is 4.98 Å². The molecule has 7 heteroatoms. The highest BCUT2D eigenvalue weighted by molar-refractivity contribution is 9.10. The Morgan fingerprint density at radius 2 is 1.89 bits per heavy atom. The number of hydrogen-bond donors (Lipinski definition) is 1. The molecule has 2 amide bonds. The van der Waals surface area contributed by atoms with Crippen LogP contribution >= 0.6 is 27.7 Å². The van der Waals surface area contributed by atoms with Crippen molar-refractivity contribution in [2.75, 3.05) is 25.9 Å². The average Bonchev–Trinajstić information content (AvgIpc) is 2.72. The third-order valence-corrected chi connectivity index (χ3v) is 6.17. The van der Waals surface area contributed by atoms with Crippen molar-refractivity contribution in [2.24, 2.45) is 5.92 Å². The van der Waals surface area contributed by atoms with Crippen molar-refractivity contribution in [1.29, 1.82) is 0 Å². The van der Waals surface area contributed by atoms with Gasteiger partial charge in [-0.3, -0.25) is 9.59 Å². The number of benzene rings is 1. The fourth-order valence-electron chi connectivity index (χ4n) is 3.20. The summed E-state index contributed by atoms with van der Waals surface area (Å²) in [6, 6.07) is 11.0. The van der Waals surface area contributed by atoms with Crippen LogP contribution < -0.4 is 5.32 Å². The molecule has 27 heavy (non-hydrogen) atoms. The predicted molar refractivity (Wildman–Crippen MR) is 111 cm³/mol. The summed E-state index contributed by atoms with van der Waals surface area (Å²) in [5.41, 5.74) is 1.32. The fraction of sp³-hybridized carbons (Fsp3) is 0.350. The highest BCUT2D eigenvalue weighted by Gasteiger charge is 2.25. The number of hydrogen-bond acceptors (Lipinski definition) is 4. The van der Waals surface area contributed by atoms with E-state index in [1.807, 2.05) is 35.4 Å². The van der Waals surface area contributed by atoms with Gasteiger partial charge < -0.3 is 10.2 Å². The minimum absolute atomic E-state index is 0.0446. The second kappa shape index (κ2) is 9.37. The molecule has 1 N–H and O–H groups in total. The normalized spacial score (nSPS) is 14.8. The number of pyridine rings is 1. The van der Waals surface area contributed by atoms with Crippen LogP contribution in [0.4, 0.5) is 0 Å². The van der Waals surface area contributed by atoms with Crippen LogP contribution in [0.15, 0.2) is 52.1 Å². The number of aromatic nitrogens is 1. The third kappa shape index (κ3) is 4.90. The van der Waals surface area contributed by atoms with E-state index in [1.165, 1.54) is 11.8 Å². The predicted octanol–water partition coefficient (Wildman–Crippen LogP) is 3.85. The summed E-state index contributed by atoms with van der Waals surface area (Å²) < 4.78 is 0.795. The molecule has 0 spiro atoms. The van der Waals surface area contributed by atoms with Gasteiger partial charge in [0.15, 0.2) is 0 Å². The van der Waals surface area contributed by atoms with Crippen LogP contribution in [0.25, 0.3) is 0 Å². The number of carbonyl (C=O) groups is 2. The molecule has 0 radical (unpaired) electrons. The Hall–Kier alpha value is -1.86. The van der Waals surface area contributed by atoms with Crippen molar-refractivity contribution in [3.05, 3.63) is 58.2 Å². The molecule has 0 unspecified atom stereocenters. The summed E-state index contributed by atoms with van der Waals surface area (Å²) in [6.45, 7) is 2.04. The molecule has 0 bridgehead atoms. The lowest BCUT2D eigenvalue weighted by Gasteiger charge is -2.32. The maximum Gasteiger partial charge on any atom is 0.256 e. The van der Waals surface area contributed by atoms with E-state index in [0.717, 1.165) is 22.3 Å². The number of likely N-dealkylation sites (tertiary alicyclic amines) is 1. The smallest absolute Gasteiger partial charge is 0.256 e. The number of halogens is 1. The molecule has 0 atom stereocenters. The third-order valence-electron chi connectivity index (χ3n) is 4.77. The van der Waals surface area contributed by atoms with Crippen molar-refractivity contribution in [2.45, 2.75) is 17.9 Å². The number of nitrogens with zero attached hydrogens (tertiary/aromatic N) is 2. The van der Waals surface area contributed by atoms with Crippen LogP contribution in [0.1, 0.15) is 33.6 Å². The zero-order valence-corrected chi connectivity index (χ0v) is 17.6. The van der Waals surface area contributed by atoms with Gasteiger partial charge in [0.25, 0.3) is 11.8 Å². The van der Waals surface area contributed by atoms with Crippen LogP contribution in [0.2, 0.25) is 0 Å². The monoisotopic (exact) mass is 447 g/mol. The van der Waals surface area contributed by atoms with E-state index < -0.39 is 0 Å². The molecular formula is C20H22BrN3O2S. The summed E-state index contributed by atoms with van der Waals surface area (Å²) in [7, 11) is 0. The Morgan fingerprint density at radius 3 is 2.59 bits per heavy atom. The summed E-state index contributed by atoms with van der Waals surface area (Å²) in [5, 5.41) is 3.79. The van der Waals surface area contributed by atoms with Crippen molar-refractivity contribution >= 4 is 39.5 Å². The van der Waals surface area contributed by atoms with E-state index in [0.29, 0.717) is 36.7 Å². The molecule has 2 aromatic rings. The van der Waals surface area contributed by atoms with Gasteiger partial charge in [-0.15, -0.1) is 11.8 Å². The molecule has 1 aromatic heterocycles. The molecule has 1 aliphatic heterocycles. The minimum atomic E-state index is -0.0686. The Morgan fingerprint density at radius 1 is 1.19 bits per heavy atom. The van der Waals surface area contributed by atoms with Crippen LogP contribution in [-0.2, 0) is 0 Å². The molecule has 1 fully saturated rings. The largest absolute Gasteiger partial charge is 0.352 e. The first kappa shape index (κ1) is 19.9. The SMILES string of the molecule is CSc1ncccc1C(=O)N1CCC(CNC(=O)c2ccccc2Br)CC1. The van der Waals surface area contributed by atoms with Crippen molar-refractivity contribution in [3.8, 4) is 0 Å². The molecule has 1 aliphatic rings. The van der Waals surface area contributed by atoms with E-state index in [2.05, 4.69) is 26.2 Å². The minimum Gasteiger partial charge on any atom is -0.352 e. The highest BCUT2D eigenvalue weighted by Crippen LogP contribution is 2.23. The van der Waals surface area contributed by atoms with Crippen LogP contribution in [-0.4, -0.2) is 47.6 Å². The molecule has 2 heterocycles. The average molecular weight is 448 g/mol. The molecule has 5 nitrogen and oxygen atoms in total. The lowest BCUT2D eigenvalue weighted by molar-refractivity contribution is 0.0680. The summed E-state index contributed by atoms with van der Waals surface area (Å²) in [4.78, 5) is 31.3. The molecule has 1 aromatic carbocycles. The van der Waals surface area contributed by atoms with Gasteiger partial charge in [0.2, 0.25) is 0 Å². The quantitative estimate of drug-likeness (QED) is 0.706. The van der Waals surface area contributed by atoms with Crippen molar-refractivity contribution < 1.29 is 9.59 Å². The van der Waals surface area contributed by atoms with Gasteiger partial charge in [0.1, 0.15) is 5.03 Å². The van der Waals surface area contributed by atoms with Gasteiger partial charge in [0.05, 0.1) is 11.1 Å². The Bertz CT molecular complexity index is 822. The number of nitrogens with one attached hydrogen (secondary N) is 1. The Labute approximate surface area is 172 Å². The molecule has 0 aliphatic carbocycles. The molecule has 1 saturated heterocycles. The van der Waals surface area contributed by atoms with Crippen molar-refractivity contribution in [3.63, 3.8) is 0 Å². The maximum absolute atomic E-state index is 12.8. The van der Waals surface area contributed by atoms with Gasteiger partial charge in [-0.05, 0) is 65.2 Å². The highest BCUT2D eigenvalue weighted by atomic mass is 79.9. The van der Waals surface area contributed by atoms with E-state index in [4.69, 9.17) is 0 Å². The first-order valence-electron chi connectivity index (χ1n) is 8.91. The van der Waals surface area contributed by atoms with Crippen molar-refractivity contribution in [1.82, 2.24) is 15.2 Å². The fourth-order valence-corrected chi connectivity index (χ4v) is 4.21. The lowest BCUT2D eigenvalue weighted by Crippen LogP contribution is -2.41. The number of amides is 2. The Kier molecular flexibility index (Phi) is 6.90. The van der Waals surface area contributed by atoms with Gasteiger partial charge in [0, 0.05) is 30.3 Å². The van der Waals surface area contributed by atoms with E-state index >= 15 is 0 Å².